The Bertz CT molecular complexity index is 879. The van der Waals surface area contributed by atoms with Gasteiger partial charge in [-0.3, -0.25) is 4.79 Å². The second-order valence-corrected chi connectivity index (χ2v) is 7.73. The lowest BCUT2D eigenvalue weighted by molar-refractivity contribution is 0.0895. The number of nitrogens with one attached hydrogen (secondary N) is 3. The number of aromatic nitrogens is 1. The van der Waals surface area contributed by atoms with Gasteiger partial charge in [-0.05, 0) is 31.2 Å². The van der Waals surface area contributed by atoms with E-state index in [1.165, 1.54) is 6.20 Å². The molecule has 0 aliphatic rings. The Morgan fingerprint density at radius 1 is 1.18 bits per heavy atom. The van der Waals surface area contributed by atoms with Crippen LogP contribution in [0.25, 0.3) is 0 Å². The molecule has 2 rings (SSSR count). The quantitative estimate of drug-likeness (QED) is 0.240. The van der Waals surface area contributed by atoms with Crippen molar-refractivity contribution in [3.63, 3.8) is 0 Å². The SMILES string of the molecule is Cc1ccc(C(=O)NC(N/C(=N\C#N)Nc2ccc(Cl)nc2)C(C)(C)C)cc1. The zero-order chi connectivity index (χ0) is 20.7. The van der Waals surface area contributed by atoms with Crippen molar-refractivity contribution in [3.8, 4) is 6.19 Å². The van der Waals surface area contributed by atoms with Gasteiger partial charge in [0.25, 0.3) is 5.91 Å². The molecule has 0 aliphatic heterocycles. The predicted molar refractivity (Wildman–Crippen MR) is 111 cm³/mol. The Balaban J connectivity index is 2.17. The molecule has 7 nitrogen and oxygen atoms in total. The summed E-state index contributed by atoms with van der Waals surface area (Å²) >= 11 is 5.79. The maximum atomic E-state index is 12.6. The lowest BCUT2D eigenvalue weighted by Crippen LogP contribution is -2.56. The fraction of sp³-hybridized carbons (Fsp3) is 0.300. The lowest BCUT2D eigenvalue weighted by atomic mass is 9.92. The summed E-state index contributed by atoms with van der Waals surface area (Å²) in [6, 6.07) is 10.6. The minimum Gasteiger partial charge on any atom is -0.335 e. The molecule has 1 atom stereocenters. The second kappa shape index (κ2) is 9.20. The number of benzene rings is 1. The second-order valence-electron chi connectivity index (χ2n) is 7.34. The number of carbonyl (C=O) groups is 1. The van der Waals surface area contributed by atoms with Gasteiger partial charge < -0.3 is 16.0 Å². The van der Waals surface area contributed by atoms with Crippen LogP contribution in [0.15, 0.2) is 47.6 Å². The first kappa shape index (κ1) is 21.2. The van der Waals surface area contributed by atoms with Crippen molar-refractivity contribution in [1.82, 2.24) is 15.6 Å². The highest BCUT2D eigenvalue weighted by Crippen LogP contribution is 2.18. The van der Waals surface area contributed by atoms with Crippen LogP contribution in [-0.2, 0) is 0 Å². The molecule has 1 aromatic heterocycles. The number of guanidine groups is 1. The molecule has 0 saturated heterocycles. The van der Waals surface area contributed by atoms with E-state index in [0.717, 1.165) is 5.56 Å². The molecule has 2 aromatic rings. The predicted octanol–water partition coefficient (Wildman–Crippen LogP) is 3.68. The molecule has 8 heteroatoms. The van der Waals surface area contributed by atoms with E-state index < -0.39 is 6.17 Å². The van der Waals surface area contributed by atoms with E-state index in [4.69, 9.17) is 16.9 Å². The van der Waals surface area contributed by atoms with Gasteiger partial charge in [0, 0.05) is 11.0 Å². The molecule has 3 N–H and O–H groups in total. The Morgan fingerprint density at radius 2 is 1.86 bits per heavy atom. The summed E-state index contributed by atoms with van der Waals surface area (Å²) in [6.07, 6.45) is 2.77. The zero-order valence-corrected chi connectivity index (χ0v) is 17.0. The molecule has 146 valence electrons. The van der Waals surface area contributed by atoms with Crippen LogP contribution in [0.5, 0.6) is 0 Å². The highest BCUT2D eigenvalue weighted by atomic mass is 35.5. The number of halogens is 1. The molecule has 0 bridgehead atoms. The fourth-order valence-electron chi connectivity index (χ4n) is 2.26. The fourth-order valence-corrected chi connectivity index (χ4v) is 2.37. The van der Waals surface area contributed by atoms with E-state index in [2.05, 4.69) is 25.9 Å². The van der Waals surface area contributed by atoms with Gasteiger partial charge in [-0.2, -0.15) is 5.26 Å². The van der Waals surface area contributed by atoms with Crippen LogP contribution in [0.3, 0.4) is 0 Å². The van der Waals surface area contributed by atoms with Crippen LogP contribution in [0, 0.1) is 23.8 Å². The average molecular weight is 399 g/mol. The molecular weight excluding hydrogens is 376 g/mol. The van der Waals surface area contributed by atoms with Crippen LogP contribution < -0.4 is 16.0 Å². The van der Waals surface area contributed by atoms with Gasteiger partial charge in [0.2, 0.25) is 12.2 Å². The van der Waals surface area contributed by atoms with E-state index in [9.17, 15) is 4.79 Å². The van der Waals surface area contributed by atoms with Crippen LogP contribution in [0.1, 0.15) is 36.7 Å². The summed E-state index contributed by atoms with van der Waals surface area (Å²) in [5, 5.41) is 18.4. The van der Waals surface area contributed by atoms with Gasteiger partial charge in [0.15, 0.2) is 0 Å². The molecule has 1 unspecified atom stereocenters. The number of carbonyl (C=O) groups excluding carboxylic acids is 1. The number of nitrogens with zero attached hydrogens (tertiary/aromatic N) is 3. The third-order valence-corrected chi connectivity index (χ3v) is 4.11. The number of hydrogen-bond donors (Lipinski definition) is 3. The maximum absolute atomic E-state index is 12.6. The van der Waals surface area contributed by atoms with Gasteiger partial charge in [-0.25, -0.2) is 4.98 Å². The first-order valence-electron chi connectivity index (χ1n) is 8.68. The third-order valence-electron chi connectivity index (χ3n) is 3.89. The van der Waals surface area contributed by atoms with Crippen molar-refractivity contribution in [2.24, 2.45) is 10.4 Å². The minimum absolute atomic E-state index is 0.191. The topological polar surface area (TPSA) is 102 Å². The lowest BCUT2D eigenvalue weighted by Gasteiger charge is -2.33. The Kier molecular flexibility index (Phi) is 6.96. The largest absolute Gasteiger partial charge is 0.335 e. The summed E-state index contributed by atoms with van der Waals surface area (Å²) in [4.78, 5) is 20.4. The van der Waals surface area contributed by atoms with Crippen molar-refractivity contribution < 1.29 is 4.79 Å². The van der Waals surface area contributed by atoms with Crippen molar-refractivity contribution in [1.29, 1.82) is 5.26 Å². The van der Waals surface area contributed by atoms with E-state index in [1.54, 1.807) is 30.5 Å². The molecule has 28 heavy (non-hydrogen) atoms. The molecule has 0 fully saturated rings. The molecule has 0 spiro atoms. The van der Waals surface area contributed by atoms with Gasteiger partial charge in [0.05, 0.1) is 11.9 Å². The van der Waals surface area contributed by atoms with E-state index in [0.29, 0.717) is 16.4 Å². The van der Waals surface area contributed by atoms with Crippen molar-refractivity contribution >= 4 is 29.2 Å². The van der Waals surface area contributed by atoms with E-state index in [-0.39, 0.29) is 17.3 Å². The number of pyridine rings is 1. The van der Waals surface area contributed by atoms with Crippen LogP contribution >= 0.6 is 11.6 Å². The Labute approximate surface area is 169 Å². The summed E-state index contributed by atoms with van der Waals surface area (Å²) in [5.74, 6) is -0.0346. The van der Waals surface area contributed by atoms with Crippen molar-refractivity contribution in [2.75, 3.05) is 5.32 Å². The standard InChI is InChI=1S/C20H23ClN6O/c1-13-5-7-14(8-6-13)17(28)26-18(20(2,3)4)27-19(24-12-22)25-15-9-10-16(21)23-11-15/h5-11,18H,1-4H3,(H,26,28)(H2,24,25,27). The molecule has 1 heterocycles. The van der Waals surface area contributed by atoms with Gasteiger partial charge in [-0.1, -0.05) is 50.1 Å². The summed E-state index contributed by atoms with van der Waals surface area (Å²) in [7, 11) is 0. The highest BCUT2D eigenvalue weighted by Gasteiger charge is 2.28. The molecule has 0 saturated carbocycles. The first-order valence-corrected chi connectivity index (χ1v) is 9.06. The number of aryl methyl sites for hydroxylation is 1. The van der Waals surface area contributed by atoms with Crippen LogP contribution in [0.4, 0.5) is 5.69 Å². The summed E-state index contributed by atoms with van der Waals surface area (Å²) < 4.78 is 0. The molecule has 0 aliphatic carbocycles. The van der Waals surface area contributed by atoms with E-state index >= 15 is 0 Å². The summed E-state index contributed by atoms with van der Waals surface area (Å²) in [6.45, 7) is 7.86. The number of anilines is 1. The molecular formula is C20H23ClN6O. The Hall–Kier alpha value is -3.11. The number of rotatable bonds is 4. The Morgan fingerprint density at radius 3 is 2.39 bits per heavy atom. The minimum atomic E-state index is -0.499. The normalized spacial score (nSPS) is 12.6. The molecule has 1 amide bonds. The van der Waals surface area contributed by atoms with E-state index in [1.807, 2.05) is 39.8 Å². The average Bonchev–Trinajstić information content (AvgIpc) is 2.63. The third kappa shape index (κ3) is 6.25. The number of hydrogen-bond acceptors (Lipinski definition) is 4. The number of aliphatic imine (C=N–C) groups is 1. The molecule has 1 aromatic carbocycles. The van der Waals surface area contributed by atoms with Crippen LogP contribution in [0.2, 0.25) is 5.15 Å². The maximum Gasteiger partial charge on any atom is 0.252 e. The van der Waals surface area contributed by atoms with Crippen molar-refractivity contribution in [3.05, 3.63) is 58.9 Å². The van der Waals surface area contributed by atoms with Crippen molar-refractivity contribution in [2.45, 2.75) is 33.9 Å². The highest BCUT2D eigenvalue weighted by molar-refractivity contribution is 6.29. The summed E-state index contributed by atoms with van der Waals surface area (Å²) in [5.41, 5.74) is 1.86. The monoisotopic (exact) mass is 398 g/mol. The van der Waals surface area contributed by atoms with Gasteiger partial charge >= 0.3 is 0 Å². The number of amides is 1. The smallest absolute Gasteiger partial charge is 0.252 e. The number of nitriles is 1. The van der Waals surface area contributed by atoms with Crippen LogP contribution in [-0.4, -0.2) is 23.0 Å². The zero-order valence-electron chi connectivity index (χ0n) is 16.2. The van der Waals surface area contributed by atoms with Gasteiger partial charge in [-0.15, -0.1) is 4.99 Å². The van der Waals surface area contributed by atoms with Gasteiger partial charge in [0.1, 0.15) is 11.3 Å². The molecule has 0 radical (unpaired) electrons. The first-order chi connectivity index (χ1) is 13.2.